The number of carbonyl (C=O) groups excluding carboxylic acids is 2. The molecule has 0 spiro atoms. The molecule has 0 fully saturated rings. The molecule has 0 aliphatic heterocycles. The summed E-state index contributed by atoms with van der Waals surface area (Å²) < 4.78 is 22.0. The van der Waals surface area contributed by atoms with Crippen molar-refractivity contribution in [1.29, 1.82) is 0 Å². The van der Waals surface area contributed by atoms with Gasteiger partial charge < -0.3 is 18.6 Å². The first kappa shape index (κ1) is 32.7. The van der Waals surface area contributed by atoms with Gasteiger partial charge in [-0.15, -0.1) is 0 Å². The standard InChI is InChI=1S/C36H44N2O6/c1-3-42-35(39)18-10-11-24-38(27-28-19-21-30(22-20-28)36(40)41-2)25-23-29-13-6-8-15-32(29)43-26-12-4-5-17-34-37-31-14-7-9-16-33(31)44-34/h6-9,13-16,19-22H,3-5,10-12,17-18,23-27H2,1-2H3. The van der Waals surface area contributed by atoms with E-state index in [0.29, 0.717) is 25.2 Å². The summed E-state index contributed by atoms with van der Waals surface area (Å²) in [5.74, 6) is 1.24. The Bertz CT molecular complexity index is 1420. The van der Waals surface area contributed by atoms with Gasteiger partial charge in [0, 0.05) is 25.9 Å². The molecule has 0 aliphatic carbocycles. The van der Waals surface area contributed by atoms with E-state index in [1.54, 1.807) is 12.1 Å². The second-order valence-electron chi connectivity index (χ2n) is 10.8. The number of nitrogens with zero attached hydrogens (tertiary/aromatic N) is 2. The number of methoxy groups -OCH3 is 1. The molecule has 4 rings (SSSR count). The van der Waals surface area contributed by atoms with Crippen molar-refractivity contribution in [2.75, 3.05) is 33.4 Å². The van der Waals surface area contributed by atoms with Crippen molar-refractivity contribution >= 4 is 23.0 Å². The number of carbonyl (C=O) groups is 2. The van der Waals surface area contributed by atoms with Crippen LogP contribution in [0.3, 0.4) is 0 Å². The fraction of sp³-hybridized carbons (Fsp3) is 0.417. The normalized spacial score (nSPS) is 11.2. The number of esters is 2. The molecule has 0 saturated carbocycles. The van der Waals surface area contributed by atoms with Gasteiger partial charge in [0.1, 0.15) is 11.3 Å². The monoisotopic (exact) mass is 600 g/mol. The van der Waals surface area contributed by atoms with E-state index in [-0.39, 0.29) is 11.9 Å². The minimum absolute atomic E-state index is 0.144. The predicted octanol–water partition coefficient (Wildman–Crippen LogP) is 7.18. The maximum atomic E-state index is 11.8. The zero-order valence-corrected chi connectivity index (χ0v) is 26.0. The molecule has 0 N–H and O–H groups in total. The van der Waals surface area contributed by atoms with Crippen LogP contribution in [-0.2, 0) is 33.7 Å². The molecule has 8 nitrogen and oxygen atoms in total. The molecule has 8 heteroatoms. The van der Waals surface area contributed by atoms with Crippen LogP contribution in [0.1, 0.15) is 72.8 Å². The molecule has 0 unspecified atom stereocenters. The molecule has 0 amide bonds. The number of para-hydroxylation sites is 3. The first-order chi connectivity index (χ1) is 21.6. The lowest BCUT2D eigenvalue weighted by atomic mass is 10.1. The highest BCUT2D eigenvalue weighted by Crippen LogP contribution is 2.21. The lowest BCUT2D eigenvalue weighted by molar-refractivity contribution is -0.143. The number of oxazole rings is 1. The van der Waals surface area contributed by atoms with Crippen molar-refractivity contribution in [3.05, 3.63) is 95.4 Å². The first-order valence-electron chi connectivity index (χ1n) is 15.7. The molecule has 0 radical (unpaired) electrons. The van der Waals surface area contributed by atoms with E-state index in [1.807, 2.05) is 55.5 Å². The van der Waals surface area contributed by atoms with Crippen molar-refractivity contribution in [2.24, 2.45) is 0 Å². The average molecular weight is 601 g/mol. The molecule has 234 valence electrons. The maximum absolute atomic E-state index is 11.8. The quantitative estimate of drug-likeness (QED) is 0.0826. The summed E-state index contributed by atoms with van der Waals surface area (Å²) in [6.07, 6.45) is 6.77. The number of aromatic nitrogens is 1. The van der Waals surface area contributed by atoms with E-state index in [9.17, 15) is 9.59 Å². The summed E-state index contributed by atoms with van der Waals surface area (Å²) in [7, 11) is 1.39. The third-order valence-corrected chi connectivity index (χ3v) is 7.49. The van der Waals surface area contributed by atoms with Crippen LogP contribution in [0.15, 0.2) is 77.2 Å². The van der Waals surface area contributed by atoms with Crippen molar-refractivity contribution in [2.45, 2.75) is 64.8 Å². The van der Waals surface area contributed by atoms with Crippen LogP contribution < -0.4 is 4.74 Å². The molecule has 44 heavy (non-hydrogen) atoms. The van der Waals surface area contributed by atoms with Gasteiger partial charge in [-0.25, -0.2) is 9.78 Å². The number of benzene rings is 3. The van der Waals surface area contributed by atoms with Gasteiger partial charge in [0.15, 0.2) is 11.5 Å². The Labute approximate surface area is 260 Å². The Morgan fingerprint density at radius 1 is 0.841 bits per heavy atom. The molecular weight excluding hydrogens is 556 g/mol. The van der Waals surface area contributed by atoms with Gasteiger partial charge in [0.05, 0.1) is 25.9 Å². The second-order valence-corrected chi connectivity index (χ2v) is 10.8. The van der Waals surface area contributed by atoms with Gasteiger partial charge in [-0.3, -0.25) is 9.69 Å². The van der Waals surface area contributed by atoms with Gasteiger partial charge in [0.25, 0.3) is 0 Å². The zero-order valence-electron chi connectivity index (χ0n) is 26.0. The highest BCUT2D eigenvalue weighted by atomic mass is 16.5. The van der Waals surface area contributed by atoms with Gasteiger partial charge >= 0.3 is 11.9 Å². The third-order valence-electron chi connectivity index (χ3n) is 7.49. The number of aryl methyl sites for hydroxylation is 1. The largest absolute Gasteiger partial charge is 0.493 e. The van der Waals surface area contributed by atoms with Crippen LogP contribution in [0, 0.1) is 0 Å². The minimum atomic E-state index is -0.341. The number of fused-ring (bicyclic) bond motifs is 1. The van der Waals surface area contributed by atoms with Crippen LogP contribution >= 0.6 is 0 Å². The Balaban J connectivity index is 1.26. The molecule has 4 aromatic rings. The Kier molecular flexibility index (Phi) is 13.3. The van der Waals surface area contributed by atoms with E-state index >= 15 is 0 Å². The van der Waals surface area contributed by atoms with Gasteiger partial charge in [-0.2, -0.15) is 0 Å². The predicted molar refractivity (Wildman–Crippen MR) is 171 cm³/mol. The van der Waals surface area contributed by atoms with Crippen LogP contribution in [0.25, 0.3) is 11.1 Å². The number of hydrogen-bond donors (Lipinski definition) is 0. The lowest BCUT2D eigenvalue weighted by Crippen LogP contribution is -2.27. The molecule has 0 saturated heterocycles. The molecular formula is C36H44N2O6. The Morgan fingerprint density at radius 3 is 2.43 bits per heavy atom. The molecule has 1 heterocycles. The van der Waals surface area contributed by atoms with Crippen LogP contribution in [-0.4, -0.2) is 55.2 Å². The van der Waals surface area contributed by atoms with E-state index < -0.39 is 0 Å². The first-order valence-corrected chi connectivity index (χ1v) is 15.7. The summed E-state index contributed by atoms with van der Waals surface area (Å²) in [5, 5.41) is 0. The third kappa shape index (κ3) is 10.5. The maximum Gasteiger partial charge on any atom is 0.337 e. The molecule has 0 bridgehead atoms. The number of rotatable bonds is 19. The SMILES string of the molecule is CCOC(=O)CCCCN(CCc1ccccc1OCCCCCc1nc2ccccc2o1)Cc1ccc(C(=O)OC)cc1. The molecule has 1 aromatic heterocycles. The van der Waals surface area contributed by atoms with E-state index in [4.69, 9.17) is 18.6 Å². The highest BCUT2D eigenvalue weighted by molar-refractivity contribution is 5.89. The van der Waals surface area contributed by atoms with Crippen molar-refractivity contribution in [3.63, 3.8) is 0 Å². The summed E-state index contributed by atoms with van der Waals surface area (Å²) in [6.45, 7) is 5.32. The van der Waals surface area contributed by atoms with Crippen LogP contribution in [0.2, 0.25) is 0 Å². The van der Waals surface area contributed by atoms with Crippen LogP contribution in [0.5, 0.6) is 5.75 Å². The van der Waals surface area contributed by atoms with E-state index in [1.165, 1.54) is 12.7 Å². The summed E-state index contributed by atoms with van der Waals surface area (Å²) >= 11 is 0. The summed E-state index contributed by atoms with van der Waals surface area (Å²) in [4.78, 5) is 30.6. The lowest BCUT2D eigenvalue weighted by Gasteiger charge is -2.23. The van der Waals surface area contributed by atoms with E-state index in [0.717, 1.165) is 92.9 Å². The van der Waals surface area contributed by atoms with Gasteiger partial charge in [0.2, 0.25) is 0 Å². The number of unbranched alkanes of at least 4 members (excludes halogenated alkanes) is 3. The van der Waals surface area contributed by atoms with Crippen molar-refractivity contribution in [3.8, 4) is 5.75 Å². The Morgan fingerprint density at radius 2 is 1.64 bits per heavy atom. The minimum Gasteiger partial charge on any atom is -0.493 e. The smallest absolute Gasteiger partial charge is 0.337 e. The molecule has 3 aromatic carbocycles. The zero-order chi connectivity index (χ0) is 31.0. The van der Waals surface area contributed by atoms with Crippen molar-refractivity contribution in [1.82, 2.24) is 9.88 Å². The molecule has 0 aliphatic rings. The highest BCUT2D eigenvalue weighted by Gasteiger charge is 2.12. The second kappa shape index (κ2) is 17.8. The number of ether oxygens (including phenoxy) is 3. The van der Waals surface area contributed by atoms with Gasteiger partial charge in [-0.1, -0.05) is 42.5 Å². The summed E-state index contributed by atoms with van der Waals surface area (Å²) in [6, 6.07) is 23.7. The van der Waals surface area contributed by atoms with Gasteiger partial charge in [-0.05, 0) is 93.5 Å². The van der Waals surface area contributed by atoms with Crippen LogP contribution in [0.4, 0.5) is 0 Å². The van der Waals surface area contributed by atoms with E-state index in [2.05, 4.69) is 22.0 Å². The fourth-order valence-corrected chi connectivity index (χ4v) is 5.12. The van der Waals surface area contributed by atoms with Crippen molar-refractivity contribution < 1.29 is 28.2 Å². The summed E-state index contributed by atoms with van der Waals surface area (Å²) in [5.41, 5.74) is 4.58. The molecule has 0 atom stereocenters. The average Bonchev–Trinajstić information content (AvgIpc) is 3.47. The topological polar surface area (TPSA) is 91.1 Å². The fourth-order valence-electron chi connectivity index (χ4n) is 5.12. The Hall–Kier alpha value is -4.17. The number of hydrogen-bond acceptors (Lipinski definition) is 8.